The second-order valence-corrected chi connectivity index (χ2v) is 5.37. The average molecular weight is 270 g/mol. The topological polar surface area (TPSA) is 40.6 Å². The minimum absolute atomic E-state index is 0.0667. The highest BCUT2D eigenvalue weighted by atomic mass is 16.2. The number of nitrogens with zero attached hydrogens (tertiary/aromatic N) is 2. The summed E-state index contributed by atoms with van der Waals surface area (Å²) in [4.78, 5) is 27.1. The summed E-state index contributed by atoms with van der Waals surface area (Å²) >= 11 is 0. The number of hydrogen-bond donors (Lipinski definition) is 0. The maximum atomic E-state index is 11.7. The molecule has 0 unspecified atom stereocenters. The number of amides is 2. The van der Waals surface area contributed by atoms with E-state index in [9.17, 15) is 9.59 Å². The normalized spacial score (nSPS) is 20.9. The van der Waals surface area contributed by atoms with Gasteiger partial charge in [0.1, 0.15) is 0 Å². The van der Waals surface area contributed by atoms with Crippen LogP contribution in [0.4, 0.5) is 0 Å². The van der Waals surface area contributed by atoms with Crippen LogP contribution in [-0.2, 0) is 16.1 Å². The van der Waals surface area contributed by atoms with Crippen molar-refractivity contribution in [1.29, 1.82) is 0 Å². The van der Waals surface area contributed by atoms with Crippen molar-refractivity contribution >= 4 is 11.8 Å². The molecule has 0 radical (unpaired) electrons. The van der Waals surface area contributed by atoms with Crippen LogP contribution in [0.15, 0.2) is 42.5 Å². The molecule has 4 heteroatoms. The van der Waals surface area contributed by atoms with Gasteiger partial charge in [0.05, 0.1) is 0 Å². The molecule has 4 nitrogen and oxygen atoms in total. The van der Waals surface area contributed by atoms with Crippen LogP contribution in [0.3, 0.4) is 0 Å². The van der Waals surface area contributed by atoms with Crippen molar-refractivity contribution in [2.45, 2.75) is 25.4 Å². The van der Waals surface area contributed by atoms with Gasteiger partial charge in [-0.05, 0) is 18.4 Å². The zero-order chi connectivity index (χ0) is 13.9. The lowest BCUT2D eigenvalue weighted by Crippen LogP contribution is -2.47. The van der Waals surface area contributed by atoms with Crippen LogP contribution >= 0.6 is 0 Å². The molecule has 0 aliphatic carbocycles. The predicted octanol–water partition coefficient (Wildman–Crippen LogP) is 1.58. The lowest BCUT2D eigenvalue weighted by atomic mass is 10.0. The van der Waals surface area contributed by atoms with E-state index in [1.807, 2.05) is 6.07 Å². The number of likely N-dealkylation sites (tertiary alicyclic amines) is 1. The van der Waals surface area contributed by atoms with E-state index in [2.05, 4.69) is 29.2 Å². The highest BCUT2D eigenvalue weighted by molar-refractivity contribution is 6.13. The molecule has 0 saturated carbocycles. The molecular formula is C16H18N2O2. The van der Waals surface area contributed by atoms with Gasteiger partial charge in [0, 0.05) is 37.8 Å². The fourth-order valence-electron chi connectivity index (χ4n) is 2.95. The van der Waals surface area contributed by atoms with Gasteiger partial charge in [-0.1, -0.05) is 30.3 Å². The summed E-state index contributed by atoms with van der Waals surface area (Å²) in [5.74, 6) is -0.312. The first kappa shape index (κ1) is 13.1. The molecule has 2 aliphatic heterocycles. The third-order valence-corrected chi connectivity index (χ3v) is 4.01. The van der Waals surface area contributed by atoms with Crippen LogP contribution < -0.4 is 0 Å². The Morgan fingerprint density at radius 2 is 1.55 bits per heavy atom. The van der Waals surface area contributed by atoms with Crippen molar-refractivity contribution in [1.82, 2.24) is 9.80 Å². The smallest absolute Gasteiger partial charge is 0.253 e. The molecule has 0 atom stereocenters. The Balaban J connectivity index is 1.55. The van der Waals surface area contributed by atoms with Crippen molar-refractivity contribution in [3.05, 3.63) is 48.0 Å². The molecule has 2 aliphatic rings. The van der Waals surface area contributed by atoms with E-state index in [-0.39, 0.29) is 17.9 Å². The lowest BCUT2D eigenvalue weighted by Gasteiger charge is -2.35. The van der Waals surface area contributed by atoms with E-state index in [0.29, 0.717) is 0 Å². The van der Waals surface area contributed by atoms with E-state index in [4.69, 9.17) is 0 Å². The highest BCUT2D eigenvalue weighted by Crippen LogP contribution is 2.21. The maximum Gasteiger partial charge on any atom is 0.253 e. The van der Waals surface area contributed by atoms with Crippen molar-refractivity contribution in [3.8, 4) is 0 Å². The quantitative estimate of drug-likeness (QED) is 0.783. The third-order valence-electron chi connectivity index (χ3n) is 4.01. The second kappa shape index (κ2) is 5.59. The Labute approximate surface area is 118 Å². The Morgan fingerprint density at radius 1 is 0.950 bits per heavy atom. The van der Waals surface area contributed by atoms with Crippen molar-refractivity contribution in [3.63, 3.8) is 0 Å². The zero-order valence-electron chi connectivity index (χ0n) is 11.4. The maximum absolute atomic E-state index is 11.7. The summed E-state index contributed by atoms with van der Waals surface area (Å²) in [5, 5.41) is 0. The molecule has 104 valence electrons. The molecular weight excluding hydrogens is 252 g/mol. The molecule has 1 fully saturated rings. The van der Waals surface area contributed by atoms with Gasteiger partial charge in [0.2, 0.25) is 0 Å². The van der Waals surface area contributed by atoms with E-state index in [1.54, 1.807) is 0 Å². The number of rotatable bonds is 3. The largest absolute Gasteiger partial charge is 0.299 e. The number of carbonyl (C=O) groups excluding carboxylic acids is 2. The van der Waals surface area contributed by atoms with E-state index >= 15 is 0 Å². The van der Waals surface area contributed by atoms with E-state index in [0.717, 1.165) is 32.5 Å². The van der Waals surface area contributed by atoms with Crippen LogP contribution in [0.2, 0.25) is 0 Å². The minimum atomic E-state index is -0.156. The highest BCUT2D eigenvalue weighted by Gasteiger charge is 2.33. The molecule has 0 aromatic heterocycles. The SMILES string of the molecule is O=C1C=CC(=O)N1C1CCN(Cc2ccccc2)CC1. The van der Waals surface area contributed by atoms with Crippen LogP contribution in [0.5, 0.6) is 0 Å². The fraction of sp³-hybridized carbons (Fsp3) is 0.375. The summed E-state index contributed by atoms with van der Waals surface area (Å²) in [7, 11) is 0. The Morgan fingerprint density at radius 3 is 2.15 bits per heavy atom. The Hall–Kier alpha value is -1.94. The predicted molar refractivity (Wildman–Crippen MR) is 75.7 cm³/mol. The van der Waals surface area contributed by atoms with Gasteiger partial charge in [0.15, 0.2) is 0 Å². The van der Waals surface area contributed by atoms with Crippen molar-refractivity contribution in [2.75, 3.05) is 13.1 Å². The number of hydrogen-bond acceptors (Lipinski definition) is 3. The van der Waals surface area contributed by atoms with Crippen LogP contribution in [0.25, 0.3) is 0 Å². The average Bonchev–Trinajstić information content (AvgIpc) is 2.81. The summed E-state index contributed by atoms with van der Waals surface area (Å²) in [5.41, 5.74) is 1.31. The molecule has 20 heavy (non-hydrogen) atoms. The molecule has 1 saturated heterocycles. The number of benzene rings is 1. The standard InChI is InChI=1S/C16H18N2O2/c19-15-6-7-16(20)18(15)14-8-10-17(11-9-14)12-13-4-2-1-3-5-13/h1-7,14H,8-12H2. The molecule has 0 N–H and O–H groups in total. The lowest BCUT2D eigenvalue weighted by molar-refractivity contribution is -0.140. The first-order chi connectivity index (χ1) is 9.74. The van der Waals surface area contributed by atoms with Gasteiger partial charge in [-0.25, -0.2) is 0 Å². The van der Waals surface area contributed by atoms with Crippen LogP contribution in [-0.4, -0.2) is 40.7 Å². The van der Waals surface area contributed by atoms with Gasteiger partial charge >= 0.3 is 0 Å². The Bertz CT molecular complexity index is 513. The van der Waals surface area contributed by atoms with Crippen molar-refractivity contribution < 1.29 is 9.59 Å². The summed E-state index contributed by atoms with van der Waals surface area (Å²) in [6, 6.07) is 10.4. The molecule has 3 rings (SSSR count). The van der Waals surface area contributed by atoms with Gasteiger partial charge < -0.3 is 0 Å². The minimum Gasteiger partial charge on any atom is -0.299 e. The third kappa shape index (κ3) is 2.65. The zero-order valence-corrected chi connectivity index (χ0v) is 11.4. The molecule has 2 amide bonds. The van der Waals surface area contributed by atoms with Gasteiger partial charge in [-0.15, -0.1) is 0 Å². The van der Waals surface area contributed by atoms with Crippen LogP contribution in [0, 0.1) is 0 Å². The Kier molecular flexibility index (Phi) is 3.65. The first-order valence-corrected chi connectivity index (χ1v) is 7.05. The molecule has 1 aromatic carbocycles. The summed E-state index contributed by atoms with van der Waals surface area (Å²) in [6.45, 7) is 2.79. The van der Waals surface area contributed by atoms with Gasteiger partial charge in [-0.2, -0.15) is 0 Å². The number of carbonyl (C=O) groups is 2. The first-order valence-electron chi connectivity index (χ1n) is 7.05. The molecule has 2 heterocycles. The van der Waals surface area contributed by atoms with E-state index < -0.39 is 0 Å². The van der Waals surface area contributed by atoms with Gasteiger partial charge in [-0.3, -0.25) is 19.4 Å². The number of imide groups is 1. The summed E-state index contributed by atoms with van der Waals surface area (Å²) in [6.07, 6.45) is 4.48. The molecule has 0 bridgehead atoms. The fourth-order valence-corrected chi connectivity index (χ4v) is 2.95. The second-order valence-electron chi connectivity index (χ2n) is 5.37. The van der Waals surface area contributed by atoms with Crippen molar-refractivity contribution in [2.24, 2.45) is 0 Å². The van der Waals surface area contributed by atoms with Crippen LogP contribution in [0.1, 0.15) is 18.4 Å². The molecule has 0 spiro atoms. The summed E-state index contributed by atoms with van der Waals surface area (Å²) < 4.78 is 0. The number of piperidine rings is 1. The monoisotopic (exact) mass is 270 g/mol. The molecule has 1 aromatic rings. The van der Waals surface area contributed by atoms with Gasteiger partial charge in [0.25, 0.3) is 11.8 Å². The van der Waals surface area contributed by atoms with E-state index in [1.165, 1.54) is 22.6 Å².